The first-order valence-electron chi connectivity index (χ1n) is 12.3. The third-order valence-electron chi connectivity index (χ3n) is 6.68. The lowest BCUT2D eigenvalue weighted by Crippen LogP contribution is -2.31. The topological polar surface area (TPSA) is 121 Å². The molecule has 1 atom stereocenters. The zero-order valence-corrected chi connectivity index (χ0v) is 22.3. The molecule has 4 aromatic rings. The summed E-state index contributed by atoms with van der Waals surface area (Å²) in [6.45, 7) is 2.07. The van der Waals surface area contributed by atoms with Crippen LogP contribution in [0.1, 0.15) is 22.5 Å². The third-order valence-corrected chi connectivity index (χ3v) is 7.76. The van der Waals surface area contributed by atoms with Gasteiger partial charge in [0.2, 0.25) is 0 Å². The molecule has 0 bridgehead atoms. The molecular formula is C27H29N7O3S. The van der Waals surface area contributed by atoms with Gasteiger partial charge in [0.15, 0.2) is 9.84 Å². The average Bonchev–Trinajstić information content (AvgIpc) is 3.42. The maximum atomic E-state index is 12.6. The Bertz CT molecular complexity index is 1610. The van der Waals surface area contributed by atoms with Crippen LogP contribution in [-0.2, 0) is 16.4 Å². The number of sulfone groups is 1. The number of likely N-dealkylation sites (N-methyl/N-ethyl adjacent to an activating group) is 1. The van der Waals surface area contributed by atoms with Crippen molar-refractivity contribution in [2.45, 2.75) is 23.9 Å². The number of amides is 1. The molecule has 1 amide bonds. The van der Waals surface area contributed by atoms with Crippen LogP contribution in [0.25, 0.3) is 22.3 Å². The van der Waals surface area contributed by atoms with Crippen LogP contribution in [0.3, 0.4) is 0 Å². The number of hydrogen-bond acceptors (Lipinski definition) is 9. The highest BCUT2D eigenvalue weighted by Gasteiger charge is 2.25. The summed E-state index contributed by atoms with van der Waals surface area (Å²) in [5.41, 5.74) is 3.07. The Hall–Kier alpha value is -3.96. The third kappa shape index (κ3) is 5.63. The Morgan fingerprint density at radius 2 is 1.89 bits per heavy atom. The second kappa shape index (κ2) is 10.4. The number of aromatic nitrogens is 4. The molecule has 196 valence electrons. The Kier molecular flexibility index (Phi) is 7.04. The number of anilines is 1. The molecule has 0 radical (unpaired) electrons. The summed E-state index contributed by atoms with van der Waals surface area (Å²) >= 11 is 0. The Labute approximate surface area is 221 Å². The molecule has 5 heterocycles. The van der Waals surface area contributed by atoms with Crippen LogP contribution in [0.4, 0.5) is 5.82 Å². The zero-order chi connectivity index (χ0) is 26.9. The van der Waals surface area contributed by atoms with E-state index in [4.69, 9.17) is 9.97 Å². The van der Waals surface area contributed by atoms with E-state index in [2.05, 4.69) is 39.2 Å². The first-order chi connectivity index (χ1) is 18.2. The smallest absolute Gasteiger partial charge is 0.253 e. The molecule has 1 aliphatic heterocycles. The molecule has 0 aromatic carbocycles. The fraction of sp³-hybridized carbons (Fsp3) is 0.296. The maximum Gasteiger partial charge on any atom is 0.253 e. The number of nitrogens with zero attached hydrogens (tertiary/aromatic N) is 6. The fourth-order valence-corrected chi connectivity index (χ4v) is 5.02. The van der Waals surface area contributed by atoms with Crippen molar-refractivity contribution in [3.05, 3.63) is 72.3 Å². The van der Waals surface area contributed by atoms with E-state index in [1.165, 1.54) is 18.5 Å². The summed E-state index contributed by atoms with van der Waals surface area (Å²) in [6, 6.07) is 13.6. The van der Waals surface area contributed by atoms with Crippen molar-refractivity contribution in [2.75, 3.05) is 38.3 Å². The van der Waals surface area contributed by atoms with Gasteiger partial charge in [-0.15, -0.1) is 0 Å². The normalized spacial score (nSPS) is 15.8. The summed E-state index contributed by atoms with van der Waals surface area (Å²) in [5.74, 6) is 0.507. The second-order valence-corrected chi connectivity index (χ2v) is 11.7. The molecule has 4 aromatic heterocycles. The Morgan fingerprint density at radius 1 is 1.08 bits per heavy atom. The number of pyridine rings is 4. The molecule has 1 fully saturated rings. The highest BCUT2D eigenvalue weighted by molar-refractivity contribution is 7.90. The summed E-state index contributed by atoms with van der Waals surface area (Å²) < 4.78 is 23.5. The Balaban J connectivity index is 1.32. The molecule has 38 heavy (non-hydrogen) atoms. The number of rotatable bonds is 7. The van der Waals surface area contributed by atoms with E-state index in [9.17, 15) is 13.2 Å². The van der Waals surface area contributed by atoms with E-state index >= 15 is 0 Å². The number of carbonyl (C=O) groups is 1. The molecule has 10 nitrogen and oxygen atoms in total. The van der Waals surface area contributed by atoms with Crippen molar-refractivity contribution in [1.82, 2.24) is 30.2 Å². The predicted octanol–water partition coefficient (Wildman–Crippen LogP) is 2.56. The summed E-state index contributed by atoms with van der Waals surface area (Å²) in [4.78, 5) is 35.2. The van der Waals surface area contributed by atoms with Gasteiger partial charge in [-0.25, -0.2) is 18.4 Å². The fourth-order valence-electron chi connectivity index (χ4n) is 4.43. The van der Waals surface area contributed by atoms with E-state index in [-0.39, 0.29) is 17.0 Å². The minimum absolute atomic E-state index is 0.00867. The van der Waals surface area contributed by atoms with E-state index < -0.39 is 15.7 Å². The molecular weight excluding hydrogens is 502 g/mol. The van der Waals surface area contributed by atoms with Gasteiger partial charge in [0.1, 0.15) is 5.82 Å². The van der Waals surface area contributed by atoms with Crippen molar-refractivity contribution in [2.24, 2.45) is 0 Å². The van der Waals surface area contributed by atoms with Crippen LogP contribution in [0.2, 0.25) is 0 Å². The summed E-state index contributed by atoms with van der Waals surface area (Å²) in [5, 5.41) is 3.64. The molecule has 5 rings (SSSR count). The van der Waals surface area contributed by atoms with Gasteiger partial charge in [0, 0.05) is 49.4 Å². The Morgan fingerprint density at radius 3 is 2.66 bits per heavy atom. The second-order valence-electron chi connectivity index (χ2n) is 9.66. The van der Waals surface area contributed by atoms with Crippen molar-refractivity contribution in [1.29, 1.82) is 0 Å². The van der Waals surface area contributed by atoms with Crippen molar-refractivity contribution in [3.8, 4) is 11.4 Å². The highest BCUT2D eigenvalue weighted by atomic mass is 32.2. The number of nitrogens with one attached hydrogen (secondary N) is 1. The summed E-state index contributed by atoms with van der Waals surface area (Å²) in [7, 11) is 0.757. The first kappa shape index (κ1) is 25.7. The molecule has 0 spiro atoms. The van der Waals surface area contributed by atoms with E-state index in [1.807, 2.05) is 36.4 Å². The van der Waals surface area contributed by atoms with E-state index in [0.29, 0.717) is 11.7 Å². The number of hydrogen-bond donors (Lipinski definition) is 1. The molecule has 0 unspecified atom stereocenters. The molecule has 0 saturated carbocycles. The molecule has 0 aliphatic carbocycles. The zero-order valence-electron chi connectivity index (χ0n) is 21.5. The van der Waals surface area contributed by atoms with Crippen LogP contribution in [-0.4, -0.2) is 78.6 Å². The first-order valence-corrected chi connectivity index (χ1v) is 14.1. The molecule has 1 N–H and O–H groups in total. The van der Waals surface area contributed by atoms with Gasteiger partial charge in [-0.05, 0) is 56.9 Å². The number of fused-ring (bicyclic) bond motifs is 1. The van der Waals surface area contributed by atoms with Gasteiger partial charge in [-0.1, -0.05) is 6.07 Å². The maximum absolute atomic E-state index is 12.6. The van der Waals surface area contributed by atoms with Gasteiger partial charge < -0.3 is 15.1 Å². The minimum Gasteiger partial charge on any atom is -0.355 e. The largest absolute Gasteiger partial charge is 0.355 e. The van der Waals surface area contributed by atoms with Crippen LogP contribution in [0.5, 0.6) is 0 Å². The monoisotopic (exact) mass is 531 g/mol. The van der Waals surface area contributed by atoms with Gasteiger partial charge in [-0.2, -0.15) is 0 Å². The number of carbonyl (C=O) groups excluding carboxylic acids is 1. The van der Waals surface area contributed by atoms with Crippen LogP contribution < -0.4 is 10.2 Å². The standard InChI is InChI=1S/C27H29N7O3S/c1-33(2)21-9-10-34(17-21)26-6-4-5-23(32-26)24-8-7-18-14-29-20(12-25(18)31-24)15-30-27(35)19-11-22(16-28-13-19)38(3,36)37/h4-8,11-14,16,21H,9-10,15,17H2,1-3H3,(H,30,35)/t21-/m1/s1. The predicted molar refractivity (Wildman–Crippen MR) is 146 cm³/mol. The molecule has 1 aliphatic rings. The van der Waals surface area contributed by atoms with Crippen molar-refractivity contribution < 1.29 is 13.2 Å². The molecule has 11 heteroatoms. The van der Waals surface area contributed by atoms with Gasteiger partial charge >= 0.3 is 0 Å². The van der Waals surface area contributed by atoms with E-state index in [0.717, 1.165) is 53.9 Å². The van der Waals surface area contributed by atoms with E-state index in [1.54, 1.807) is 6.20 Å². The lowest BCUT2D eigenvalue weighted by atomic mass is 10.2. The van der Waals surface area contributed by atoms with Crippen LogP contribution in [0.15, 0.2) is 66.0 Å². The van der Waals surface area contributed by atoms with Crippen LogP contribution in [0, 0.1) is 0 Å². The average molecular weight is 532 g/mol. The van der Waals surface area contributed by atoms with Gasteiger partial charge in [0.25, 0.3) is 5.91 Å². The lowest BCUT2D eigenvalue weighted by Gasteiger charge is -2.21. The quantitative estimate of drug-likeness (QED) is 0.383. The lowest BCUT2D eigenvalue weighted by molar-refractivity contribution is 0.0950. The van der Waals surface area contributed by atoms with Gasteiger partial charge in [0.05, 0.1) is 39.6 Å². The summed E-state index contributed by atoms with van der Waals surface area (Å²) in [6.07, 6.45) is 6.45. The van der Waals surface area contributed by atoms with Crippen molar-refractivity contribution in [3.63, 3.8) is 0 Å². The van der Waals surface area contributed by atoms with Crippen LogP contribution >= 0.6 is 0 Å². The van der Waals surface area contributed by atoms with Gasteiger partial charge in [-0.3, -0.25) is 14.8 Å². The highest BCUT2D eigenvalue weighted by Crippen LogP contribution is 2.25. The SMILES string of the molecule is CN(C)[C@@H]1CCN(c2cccc(-c3ccc4cnc(CNC(=O)c5cncc(S(C)(=O)=O)c5)cc4n3)n2)C1. The molecule has 1 saturated heterocycles. The minimum atomic E-state index is -3.46. The van der Waals surface area contributed by atoms with Crippen molar-refractivity contribution >= 4 is 32.5 Å².